The fourth-order valence-corrected chi connectivity index (χ4v) is 1.57. The molecule has 2 N–H and O–H groups in total. The second kappa shape index (κ2) is 5.29. The van der Waals surface area contributed by atoms with Crippen molar-refractivity contribution in [2.45, 2.75) is 13.3 Å². The molecular weight excluding hydrogens is 218 g/mol. The van der Waals surface area contributed by atoms with Gasteiger partial charge in [-0.15, -0.1) is 0 Å². The van der Waals surface area contributed by atoms with Crippen molar-refractivity contribution in [2.24, 2.45) is 0 Å². The number of hydrogen-bond acceptors (Lipinski definition) is 4. The molecule has 0 saturated heterocycles. The fourth-order valence-electron chi connectivity index (χ4n) is 1.57. The molecule has 2 aromatic rings. The second-order valence-electron chi connectivity index (χ2n) is 3.57. The van der Waals surface area contributed by atoms with Crippen LogP contribution in [0.4, 0.5) is 5.82 Å². The van der Waals surface area contributed by atoms with Crippen LogP contribution in [0.25, 0.3) is 5.52 Å². The highest BCUT2D eigenvalue weighted by atomic mass is 16.1. The summed E-state index contributed by atoms with van der Waals surface area (Å²) in [5, 5.41) is 9.99. The van der Waals surface area contributed by atoms with Gasteiger partial charge in [0.25, 0.3) is 0 Å². The largest absolute Gasteiger partial charge is 0.368 e. The molecule has 6 heteroatoms. The van der Waals surface area contributed by atoms with Crippen LogP contribution in [0.15, 0.2) is 24.7 Å². The lowest BCUT2D eigenvalue weighted by molar-refractivity contribution is -0.120. The first-order valence-corrected chi connectivity index (χ1v) is 5.60. The van der Waals surface area contributed by atoms with Crippen LogP contribution in [0, 0.1) is 0 Å². The molecule has 6 nitrogen and oxygen atoms in total. The maximum Gasteiger partial charge on any atom is 0.221 e. The van der Waals surface area contributed by atoms with Crippen molar-refractivity contribution in [3.8, 4) is 0 Å². The Morgan fingerprint density at radius 1 is 1.47 bits per heavy atom. The van der Waals surface area contributed by atoms with E-state index in [1.165, 1.54) is 0 Å². The van der Waals surface area contributed by atoms with Crippen molar-refractivity contribution < 1.29 is 4.79 Å². The lowest BCUT2D eigenvalue weighted by Crippen LogP contribution is -2.24. The number of nitrogens with zero attached hydrogens (tertiary/aromatic N) is 3. The van der Waals surface area contributed by atoms with E-state index in [1.54, 1.807) is 23.1 Å². The summed E-state index contributed by atoms with van der Waals surface area (Å²) >= 11 is 0. The van der Waals surface area contributed by atoms with E-state index in [1.807, 2.05) is 13.0 Å². The number of amides is 1. The maximum absolute atomic E-state index is 11.3. The van der Waals surface area contributed by atoms with Gasteiger partial charge in [-0.1, -0.05) is 0 Å². The number of anilines is 1. The van der Waals surface area contributed by atoms with Crippen molar-refractivity contribution in [1.29, 1.82) is 0 Å². The molecular formula is C11H15N5O. The Hall–Kier alpha value is -2.11. The number of rotatable bonds is 5. The molecule has 0 aliphatic rings. The van der Waals surface area contributed by atoms with E-state index in [0.29, 0.717) is 19.5 Å². The molecule has 0 aromatic carbocycles. The third-order valence-corrected chi connectivity index (χ3v) is 2.34. The van der Waals surface area contributed by atoms with Gasteiger partial charge in [0, 0.05) is 31.9 Å². The van der Waals surface area contributed by atoms with Gasteiger partial charge in [0.05, 0.1) is 6.20 Å². The molecule has 0 radical (unpaired) electrons. The Morgan fingerprint density at radius 3 is 3.18 bits per heavy atom. The molecule has 90 valence electrons. The normalized spacial score (nSPS) is 10.4. The third kappa shape index (κ3) is 2.72. The predicted octanol–water partition coefficient (Wildman–Crippen LogP) is 0.667. The molecule has 0 aliphatic heterocycles. The van der Waals surface area contributed by atoms with Crippen molar-refractivity contribution in [2.75, 3.05) is 18.4 Å². The molecule has 0 unspecified atom stereocenters. The minimum absolute atomic E-state index is 0.0421. The highest BCUT2D eigenvalue weighted by Crippen LogP contribution is 2.11. The molecule has 0 bridgehead atoms. The molecule has 0 fully saturated rings. The second-order valence-corrected chi connectivity index (χ2v) is 3.57. The van der Waals surface area contributed by atoms with Crippen LogP contribution in [0.2, 0.25) is 0 Å². The van der Waals surface area contributed by atoms with Gasteiger partial charge < -0.3 is 10.6 Å². The number of carbonyl (C=O) groups is 1. The number of aromatic nitrogens is 3. The summed E-state index contributed by atoms with van der Waals surface area (Å²) in [6, 6.07) is 1.88. The van der Waals surface area contributed by atoms with Gasteiger partial charge in [-0.05, 0) is 13.0 Å². The first-order valence-electron chi connectivity index (χ1n) is 5.60. The first-order chi connectivity index (χ1) is 8.31. The monoisotopic (exact) mass is 233 g/mol. The molecule has 17 heavy (non-hydrogen) atoms. The van der Waals surface area contributed by atoms with E-state index in [-0.39, 0.29) is 5.91 Å². The molecule has 2 aromatic heterocycles. The van der Waals surface area contributed by atoms with Crippen LogP contribution in [-0.4, -0.2) is 33.6 Å². The average molecular weight is 233 g/mol. The average Bonchev–Trinajstić information content (AvgIpc) is 2.78. The summed E-state index contributed by atoms with van der Waals surface area (Å²) in [7, 11) is 0. The SMILES string of the molecule is CCNC(=O)CCNc1nccn2nccc12. The molecule has 2 heterocycles. The minimum atomic E-state index is 0.0421. The highest BCUT2D eigenvalue weighted by Gasteiger charge is 2.03. The van der Waals surface area contributed by atoms with Crippen molar-refractivity contribution in [3.05, 3.63) is 24.7 Å². The van der Waals surface area contributed by atoms with E-state index in [9.17, 15) is 4.79 Å². The minimum Gasteiger partial charge on any atom is -0.368 e. The summed E-state index contributed by atoms with van der Waals surface area (Å²) in [6.07, 6.45) is 5.61. The lowest BCUT2D eigenvalue weighted by Gasteiger charge is -2.06. The van der Waals surface area contributed by atoms with Crippen molar-refractivity contribution >= 4 is 17.2 Å². The van der Waals surface area contributed by atoms with Gasteiger partial charge in [-0.2, -0.15) is 5.10 Å². The maximum atomic E-state index is 11.3. The Labute approximate surface area is 99.0 Å². The van der Waals surface area contributed by atoms with Gasteiger partial charge in [0.2, 0.25) is 5.91 Å². The summed E-state index contributed by atoms with van der Waals surface area (Å²) in [4.78, 5) is 15.5. The number of hydrogen-bond donors (Lipinski definition) is 2. The first kappa shape index (κ1) is 11.4. The quantitative estimate of drug-likeness (QED) is 0.796. The van der Waals surface area contributed by atoms with Gasteiger partial charge in [-0.25, -0.2) is 9.50 Å². The van der Waals surface area contributed by atoms with Gasteiger partial charge in [0.15, 0.2) is 5.82 Å². The van der Waals surface area contributed by atoms with Crippen molar-refractivity contribution in [3.63, 3.8) is 0 Å². The van der Waals surface area contributed by atoms with E-state index < -0.39 is 0 Å². The van der Waals surface area contributed by atoms with Crippen LogP contribution >= 0.6 is 0 Å². The van der Waals surface area contributed by atoms with E-state index >= 15 is 0 Å². The van der Waals surface area contributed by atoms with Gasteiger partial charge in [-0.3, -0.25) is 4.79 Å². The molecule has 0 aliphatic carbocycles. The Balaban J connectivity index is 1.95. The topological polar surface area (TPSA) is 71.3 Å². The number of nitrogens with one attached hydrogen (secondary N) is 2. The highest BCUT2D eigenvalue weighted by molar-refractivity contribution is 5.76. The third-order valence-electron chi connectivity index (χ3n) is 2.34. The van der Waals surface area contributed by atoms with E-state index in [0.717, 1.165) is 11.3 Å². The van der Waals surface area contributed by atoms with E-state index in [2.05, 4.69) is 20.7 Å². The molecule has 2 rings (SSSR count). The van der Waals surface area contributed by atoms with Crippen LogP contribution in [0.3, 0.4) is 0 Å². The van der Waals surface area contributed by atoms with Crippen LogP contribution in [-0.2, 0) is 4.79 Å². The zero-order valence-electron chi connectivity index (χ0n) is 9.68. The molecule has 1 amide bonds. The number of carbonyl (C=O) groups excluding carboxylic acids is 1. The molecule has 0 spiro atoms. The zero-order chi connectivity index (χ0) is 12.1. The fraction of sp³-hybridized carbons (Fsp3) is 0.364. The molecule has 0 saturated carbocycles. The van der Waals surface area contributed by atoms with Crippen LogP contribution < -0.4 is 10.6 Å². The van der Waals surface area contributed by atoms with Crippen molar-refractivity contribution in [1.82, 2.24) is 19.9 Å². The smallest absolute Gasteiger partial charge is 0.221 e. The summed E-state index contributed by atoms with van der Waals surface area (Å²) in [5.41, 5.74) is 0.906. The van der Waals surface area contributed by atoms with Gasteiger partial charge in [0.1, 0.15) is 5.52 Å². The van der Waals surface area contributed by atoms with E-state index in [4.69, 9.17) is 0 Å². The van der Waals surface area contributed by atoms with Gasteiger partial charge >= 0.3 is 0 Å². The Bertz CT molecular complexity index is 507. The summed E-state index contributed by atoms with van der Waals surface area (Å²) < 4.78 is 1.74. The zero-order valence-corrected chi connectivity index (χ0v) is 9.68. The Morgan fingerprint density at radius 2 is 2.35 bits per heavy atom. The molecule has 0 atom stereocenters. The predicted molar refractivity (Wildman–Crippen MR) is 64.8 cm³/mol. The summed E-state index contributed by atoms with van der Waals surface area (Å²) in [5.74, 6) is 0.787. The van der Waals surface area contributed by atoms with Crippen LogP contribution in [0.1, 0.15) is 13.3 Å². The Kier molecular flexibility index (Phi) is 3.54. The standard InChI is InChI=1S/C11H15N5O/c1-2-12-10(17)4-5-13-11-9-3-6-15-16(9)8-7-14-11/h3,6-8H,2,4-5H2,1H3,(H,12,17)(H,13,14). The van der Waals surface area contributed by atoms with Crippen LogP contribution in [0.5, 0.6) is 0 Å². The number of fused-ring (bicyclic) bond motifs is 1. The lowest BCUT2D eigenvalue weighted by atomic mass is 10.4. The summed E-state index contributed by atoms with van der Waals surface area (Å²) in [6.45, 7) is 3.12.